The highest BCUT2D eigenvalue weighted by Crippen LogP contribution is 2.33. The fraction of sp³-hybridized carbons (Fsp3) is 0.150. The summed E-state index contributed by atoms with van der Waals surface area (Å²) in [6, 6.07) is 17.5. The summed E-state index contributed by atoms with van der Waals surface area (Å²) in [6.45, 7) is 0.783. The van der Waals surface area contributed by atoms with E-state index in [-0.39, 0.29) is 5.56 Å². The van der Waals surface area contributed by atoms with Crippen molar-refractivity contribution in [2.45, 2.75) is 0 Å². The average molecular weight is 319 g/mol. The summed E-state index contributed by atoms with van der Waals surface area (Å²) in [7, 11) is 1.77. The van der Waals surface area contributed by atoms with E-state index >= 15 is 0 Å². The van der Waals surface area contributed by atoms with Crippen LogP contribution in [0, 0.1) is 0 Å². The molecule has 1 aromatic heterocycles. The molecule has 0 fully saturated rings. The summed E-state index contributed by atoms with van der Waals surface area (Å²) in [6.07, 6.45) is 1.98. The van der Waals surface area contributed by atoms with E-state index in [2.05, 4.69) is 0 Å². The Morgan fingerprint density at radius 3 is 2.67 bits per heavy atom. The Balaban J connectivity index is 1.81. The smallest absolute Gasteiger partial charge is 0.293 e. The van der Waals surface area contributed by atoms with E-state index in [4.69, 9.17) is 9.47 Å². The van der Waals surface area contributed by atoms with Crippen LogP contribution in [0.15, 0.2) is 65.5 Å². The van der Waals surface area contributed by atoms with Crippen LogP contribution >= 0.6 is 0 Å². The highest BCUT2D eigenvalue weighted by atomic mass is 16.5. The van der Waals surface area contributed by atoms with Gasteiger partial charge in [-0.05, 0) is 24.3 Å². The number of hydrogen-bond donors (Lipinski definition) is 0. The Labute approximate surface area is 139 Å². The topological polar surface area (TPSA) is 40.5 Å². The molecule has 2 heterocycles. The summed E-state index contributed by atoms with van der Waals surface area (Å²) < 4.78 is 13.2. The number of aryl methyl sites for hydroxylation is 1. The van der Waals surface area contributed by atoms with E-state index in [1.54, 1.807) is 11.6 Å². The SMILES string of the molecule is Cn1c(=O)c2c(c3ccccc31)C(COc1ccccc1)=CCO2. The molecular formula is C20H17NO3. The van der Waals surface area contributed by atoms with Gasteiger partial charge in [0.25, 0.3) is 5.56 Å². The molecule has 0 atom stereocenters. The van der Waals surface area contributed by atoms with Crippen molar-refractivity contribution in [1.82, 2.24) is 4.57 Å². The molecule has 4 nitrogen and oxygen atoms in total. The van der Waals surface area contributed by atoms with Crippen LogP contribution in [-0.4, -0.2) is 17.8 Å². The van der Waals surface area contributed by atoms with Crippen LogP contribution in [0.1, 0.15) is 5.56 Å². The van der Waals surface area contributed by atoms with Crippen molar-refractivity contribution in [3.63, 3.8) is 0 Å². The molecule has 4 rings (SSSR count). The predicted octanol–water partition coefficient (Wildman–Crippen LogP) is 3.39. The van der Waals surface area contributed by atoms with E-state index in [0.29, 0.717) is 19.0 Å². The normalized spacial score (nSPS) is 13.1. The number of rotatable bonds is 3. The second-order valence-corrected chi connectivity index (χ2v) is 5.73. The molecule has 0 N–H and O–H groups in total. The third kappa shape index (κ3) is 2.36. The number of hydrogen-bond acceptors (Lipinski definition) is 3. The first-order valence-corrected chi connectivity index (χ1v) is 7.87. The zero-order valence-electron chi connectivity index (χ0n) is 13.4. The Kier molecular flexibility index (Phi) is 3.58. The maximum Gasteiger partial charge on any atom is 0.293 e. The third-order valence-electron chi connectivity index (χ3n) is 4.28. The molecule has 0 radical (unpaired) electrons. The summed E-state index contributed by atoms with van der Waals surface area (Å²) in [4.78, 5) is 12.6. The van der Waals surface area contributed by atoms with Gasteiger partial charge in [-0.3, -0.25) is 4.79 Å². The highest BCUT2D eigenvalue weighted by Gasteiger charge is 2.22. The van der Waals surface area contributed by atoms with Gasteiger partial charge in [0.1, 0.15) is 19.0 Å². The molecule has 3 aromatic rings. The fourth-order valence-electron chi connectivity index (χ4n) is 3.06. The van der Waals surface area contributed by atoms with Crippen molar-refractivity contribution < 1.29 is 9.47 Å². The number of ether oxygens (including phenoxy) is 2. The van der Waals surface area contributed by atoms with Gasteiger partial charge in [0, 0.05) is 23.6 Å². The summed E-state index contributed by atoms with van der Waals surface area (Å²) in [5.74, 6) is 1.21. The van der Waals surface area contributed by atoms with E-state index in [1.807, 2.05) is 60.7 Å². The Morgan fingerprint density at radius 2 is 1.83 bits per heavy atom. The van der Waals surface area contributed by atoms with E-state index in [0.717, 1.165) is 27.8 Å². The Hall–Kier alpha value is -3.01. The second kappa shape index (κ2) is 5.89. The lowest BCUT2D eigenvalue weighted by Crippen LogP contribution is -2.24. The van der Waals surface area contributed by atoms with Crippen molar-refractivity contribution >= 4 is 16.5 Å². The number of fused-ring (bicyclic) bond motifs is 3. The van der Waals surface area contributed by atoms with Crippen LogP contribution in [0.5, 0.6) is 11.5 Å². The molecule has 1 aliphatic heterocycles. The van der Waals surface area contributed by atoms with Crippen molar-refractivity contribution in [3.8, 4) is 11.5 Å². The molecule has 1 aliphatic rings. The molecule has 4 heteroatoms. The van der Waals surface area contributed by atoms with Gasteiger partial charge in [-0.1, -0.05) is 36.4 Å². The molecule has 0 amide bonds. The minimum Gasteiger partial charge on any atom is -0.489 e. The molecular weight excluding hydrogens is 302 g/mol. The molecule has 120 valence electrons. The van der Waals surface area contributed by atoms with Crippen LogP contribution in [0.4, 0.5) is 0 Å². The van der Waals surface area contributed by atoms with E-state index < -0.39 is 0 Å². The minimum atomic E-state index is -0.117. The Morgan fingerprint density at radius 1 is 1.08 bits per heavy atom. The van der Waals surface area contributed by atoms with Gasteiger partial charge in [0.2, 0.25) is 0 Å². The minimum absolute atomic E-state index is 0.117. The van der Waals surface area contributed by atoms with Crippen molar-refractivity contribution in [3.05, 3.63) is 76.6 Å². The average Bonchev–Trinajstić information content (AvgIpc) is 2.65. The van der Waals surface area contributed by atoms with Crippen LogP contribution < -0.4 is 15.0 Å². The van der Waals surface area contributed by atoms with Gasteiger partial charge in [-0.25, -0.2) is 0 Å². The molecule has 0 saturated heterocycles. The first-order chi connectivity index (χ1) is 11.8. The number of para-hydroxylation sites is 2. The van der Waals surface area contributed by atoms with Gasteiger partial charge in [-0.15, -0.1) is 0 Å². The summed E-state index contributed by atoms with van der Waals surface area (Å²) in [5.41, 5.74) is 2.59. The molecule has 0 saturated carbocycles. The van der Waals surface area contributed by atoms with E-state index in [9.17, 15) is 4.79 Å². The molecule has 2 aromatic carbocycles. The van der Waals surface area contributed by atoms with Crippen molar-refractivity contribution in [2.24, 2.45) is 7.05 Å². The first kappa shape index (κ1) is 14.6. The zero-order chi connectivity index (χ0) is 16.5. The number of nitrogens with zero attached hydrogens (tertiary/aromatic N) is 1. The molecule has 0 spiro atoms. The van der Waals surface area contributed by atoms with Gasteiger partial charge in [-0.2, -0.15) is 0 Å². The number of pyridine rings is 1. The molecule has 0 unspecified atom stereocenters. The van der Waals surface area contributed by atoms with Crippen molar-refractivity contribution in [1.29, 1.82) is 0 Å². The fourth-order valence-corrected chi connectivity index (χ4v) is 3.06. The van der Waals surface area contributed by atoms with Crippen LogP contribution in [0.25, 0.3) is 16.5 Å². The summed E-state index contributed by atoms with van der Waals surface area (Å²) in [5, 5.41) is 0.997. The van der Waals surface area contributed by atoms with Crippen LogP contribution in [0.2, 0.25) is 0 Å². The molecule has 0 bridgehead atoms. The quantitative estimate of drug-likeness (QED) is 0.743. The number of benzene rings is 2. The third-order valence-corrected chi connectivity index (χ3v) is 4.28. The van der Waals surface area contributed by atoms with Gasteiger partial charge in [0.05, 0.1) is 5.52 Å². The maximum atomic E-state index is 12.6. The highest BCUT2D eigenvalue weighted by molar-refractivity contribution is 5.95. The monoisotopic (exact) mass is 319 g/mol. The summed E-state index contributed by atoms with van der Waals surface area (Å²) >= 11 is 0. The maximum absolute atomic E-state index is 12.6. The van der Waals surface area contributed by atoms with Gasteiger partial charge < -0.3 is 14.0 Å². The van der Waals surface area contributed by atoms with Crippen molar-refractivity contribution in [2.75, 3.05) is 13.2 Å². The lowest BCUT2D eigenvalue weighted by atomic mass is 9.98. The van der Waals surface area contributed by atoms with Crippen LogP contribution in [0.3, 0.4) is 0 Å². The largest absolute Gasteiger partial charge is 0.489 e. The van der Waals surface area contributed by atoms with Gasteiger partial charge in [0.15, 0.2) is 5.75 Å². The molecule has 0 aliphatic carbocycles. The second-order valence-electron chi connectivity index (χ2n) is 5.73. The predicted molar refractivity (Wildman–Crippen MR) is 94.6 cm³/mol. The Bertz CT molecular complexity index is 987. The number of aromatic nitrogens is 1. The molecule has 24 heavy (non-hydrogen) atoms. The van der Waals surface area contributed by atoms with Crippen LogP contribution in [-0.2, 0) is 7.05 Å². The van der Waals surface area contributed by atoms with Gasteiger partial charge >= 0.3 is 0 Å². The standard InChI is InChI=1S/C20H17NO3/c1-21-17-10-6-5-9-16(17)18-14(11-12-23-19(18)20(21)22)13-24-15-7-3-2-4-8-15/h2-11H,12-13H2,1H3. The van der Waals surface area contributed by atoms with E-state index in [1.165, 1.54) is 0 Å². The zero-order valence-corrected chi connectivity index (χ0v) is 13.4. The first-order valence-electron chi connectivity index (χ1n) is 7.87. The lowest BCUT2D eigenvalue weighted by molar-refractivity contribution is 0.338. The lowest BCUT2D eigenvalue weighted by Gasteiger charge is -2.21.